The van der Waals surface area contributed by atoms with Crippen molar-refractivity contribution < 1.29 is 21.9 Å². The Morgan fingerprint density at radius 3 is 2.74 bits per heavy atom. The van der Waals surface area contributed by atoms with Gasteiger partial charge in [-0.05, 0) is 17.7 Å². The van der Waals surface area contributed by atoms with Crippen LogP contribution in [0.25, 0.3) is 0 Å². The highest BCUT2D eigenvalue weighted by Gasteiger charge is 2.16. The van der Waals surface area contributed by atoms with Crippen LogP contribution in [0.15, 0.2) is 40.9 Å². The predicted octanol–water partition coefficient (Wildman–Crippen LogP) is -1.45. The maximum absolute atomic E-state index is 10.6. The number of rotatable bonds is 2. The van der Waals surface area contributed by atoms with Crippen LogP contribution in [0.4, 0.5) is 5.69 Å². The first kappa shape index (κ1) is 13.7. The van der Waals surface area contributed by atoms with Crippen LogP contribution in [0.5, 0.6) is 0 Å². The molecule has 1 aliphatic heterocycles. The molecule has 0 bridgehead atoms. The van der Waals surface area contributed by atoms with E-state index in [9.17, 15) is 10.1 Å². The average molecular weight is 341 g/mol. The van der Waals surface area contributed by atoms with Gasteiger partial charge in [-0.1, -0.05) is 11.8 Å². The van der Waals surface area contributed by atoms with Gasteiger partial charge in [-0.25, -0.2) is 0 Å². The number of fused-ring (bicyclic) bond motifs is 1. The zero-order chi connectivity index (χ0) is 12.5. The molecule has 0 saturated carbocycles. The minimum atomic E-state index is -0.418. The first-order valence-electron chi connectivity index (χ1n) is 5.09. The molecule has 0 atom stereocenters. The molecule has 7 nitrogen and oxygen atoms in total. The molecule has 0 radical (unpaired) electrons. The lowest BCUT2D eigenvalue weighted by molar-refractivity contribution is -0.384. The molecule has 0 spiro atoms. The first-order valence-corrected chi connectivity index (χ1v) is 6.08. The van der Waals surface area contributed by atoms with Gasteiger partial charge in [-0.3, -0.25) is 10.1 Å². The van der Waals surface area contributed by atoms with Crippen LogP contribution in [-0.4, -0.2) is 31.3 Å². The first-order chi connectivity index (χ1) is 8.74. The second-order valence-electron chi connectivity index (χ2n) is 3.60. The van der Waals surface area contributed by atoms with Crippen molar-refractivity contribution in [2.24, 2.45) is 5.10 Å². The summed E-state index contributed by atoms with van der Waals surface area (Å²) in [5.74, 6) is 0.677. The number of benzene rings is 1. The van der Waals surface area contributed by atoms with Crippen molar-refractivity contribution in [3.05, 3.63) is 46.3 Å². The van der Waals surface area contributed by atoms with E-state index in [0.29, 0.717) is 5.75 Å². The molecule has 0 fully saturated rings. The van der Waals surface area contributed by atoms with Gasteiger partial charge >= 0.3 is 0 Å². The average Bonchev–Trinajstić information content (AvgIpc) is 2.86. The van der Waals surface area contributed by atoms with Gasteiger partial charge in [0.05, 0.1) is 10.6 Å². The molecule has 1 aromatic carbocycles. The highest BCUT2D eigenvalue weighted by molar-refractivity contribution is 7.99. The summed E-state index contributed by atoms with van der Waals surface area (Å²) < 4.78 is 1.60. The van der Waals surface area contributed by atoms with Crippen molar-refractivity contribution in [1.82, 2.24) is 14.9 Å². The van der Waals surface area contributed by atoms with Gasteiger partial charge in [0, 0.05) is 17.9 Å². The highest BCUT2D eigenvalue weighted by atomic mass is 79.9. The Kier molecular flexibility index (Phi) is 3.96. The Balaban J connectivity index is 0.00000133. The molecule has 3 rings (SSSR count). The van der Waals surface area contributed by atoms with E-state index in [-0.39, 0.29) is 22.7 Å². The molecule has 0 unspecified atom stereocenters. The fourth-order valence-electron chi connectivity index (χ4n) is 1.59. The molecular formula is C10H7BrN5O2S-. The maximum Gasteiger partial charge on any atom is 0.269 e. The summed E-state index contributed by atoms with van der Waals surface area (Å²) in [7, 11) is 0. The summed E-state index contributed by atoms with van der Waals surface area (Å²) in [6, 6.07) is 6.36. The normalized spacial score (nSPS) is 13.2. The van der Waals surface area contributed by atoms with Crippen molar-refractivity contribution in [1.29, 1.82) is 0 Å². The Labute approximate surface area is 122 Å². The van der Waals surface area contributed by atoms with Crippen LogP contribution in [0, 0.1) is 10.1 Å². The predicted molar refractivity (Wildman–Crippen MR) is 65.8 cm³/mol. The van der Waals surface area contributed by atoms with Gasteiger partial charge in [0.25, 0.3) is 5.69 Å². The lowest BCUT2D eigenvalue weighted by Gasteiger charge is -2.11. The van der Waals surface area contributed by atoms with Gasteiger partial charge in [0.2, 0.25) is 5.16 Å². The second-order valence-corrected chi connectivity index (χ2v) is 4.54. The Bertz CT molecular complexity index is 640. The highest BCUT2D eigenvalue weighted by Crippen LogP contribution is 2.22. The Hall–Kier alpha value is -1.74. The largest absolute Gasteiger partial charge is 1.00 e. The number of halogens is 1. The number of aromatic nitrogens is 3. The third kappa shape index (κ3) is 2.66. The smallest absolute Gasteiger partial charge is 0.269 e. The number of nitro groups is 1. The summed E-state index contributed by atoms with van der Waals surface area (Å²) in [6.07, 6.45) is 1.53. The fourth-order valence-corrected chi connectivity index (χ4v) is 2.41. The van der Waals surface area contributed by atoms with Gasteiger partial charge in [-0.15, -0.1) is 10.2 Å². The molecule has 0 saturated heterocycles. The molecular weight excluding hydrogens is 334 g/mol. The zero-order valence-corrected chi connectivity index (χ0v) is 11.8. The molecule has 2 heterocycles. The molecule has 1 aliphatic rings. The number of non-ortho nitro benzene ring substituents is 1. The third-order valence-electron chi connectivity index (χ3n) is 2.48. The monoisotopic (exact) mass is 340 g/mol. The van der Waals surface area contributed by atoms with E-state index >= 15 is 0 Å². The molecule has 98 valence electrons. The minimum Gasteiger partial charge on any atom is -1.00 e. The van der Waals surface area contributed by atoms with E-state index in [0.717, 1.165) is 16.4 Å². The van der Waals surface area contributed by atoms with Crippen LogP contribution in [0.2, 0.25) is 0 Å². The number of nitro benzene ring substituents is 1. The molecule has 0 N–H and O–H groups in total. The van der Waals surface area contributed by atoms with Crippen molar-refractivity contribution in [3.8, 4) is 0 Å². The molecule has 19 heavy (non-hydrogen) atoms. The summed E-state index contributed by atoms with van der Waals surface area (Å²) >= 11 is 1.53. The van der Waals surface area contributed by atoms with Gasteiger partial charge in [-0.2, -0.15) is 9.78 Å². The van der Waals surface area contributed by atoms with Crippen LogP contribution in [-0.2, 0) is 0 Å². The summed E-state index contributed by atoms with van der Waals surface area (Å²) in [4.78, 5) is 10.2. The quantitative estimate of drug-likeness (QED) is 0.493. The van der Waals surface area contributed by atoms with E-state index in [1.165, 1.54) is 30.2 Å². The van der Waals surface area contributed by atoms with Crippen LogP contribution in [0.1, 0.15) is 5.56 Å². The SMILES string of the molecule is O=[N+]([O-])c1ccc(C2=Nn3cnnc3SC2)cc1.[Br-]. The van der Waals surface area contributed by atoms with E-state index in [1.807, 2.05) is 0 Å². The lowest BCUT2D eigenvalue weighted by Crippen LogP contribution is -3.00. The Morgan fingerprint density at radius 1 is 1.32 bits per heavy atom. The topological polar surface area (TPSA) is 86.2 Å². The second kappa shape index (κ2) is 5.49. The van der Waals surface area contributed by atoms with E-state index < -0.39 is 4.92 Å². The third-order valence-corrected chi connectivity index (χ3v) is 3.42. The molecule has 0 aliphatic carbocycles. The molecule has 0 amide bonds. The minimum absolute atomic E-state index is 0. The molecule has 1 aromatic heterocycles. The van der Waals surface area contributed by atoms with Crippen molar-refractivity contribution in [2.75, 3.05) is 5.75 Å². The summed E-state index contributed by atoms with van der Waals surface area (Å²) in [5, 5.41) is 23.4. The number of nitrogens with zero attached hydrogens (tertiary/aromatic N) is 5. The van der Waals surface area contributed by atoms with E-state index in [4.69, 9.17) is 0 Å². The number of thioether (sulfide) groups is 1. The van der Waals surface area contributed by atoms with E-state index in [1.54, 1.807) is 16.8 Å². The molecule has 9 heteroatoms. The van der Waals surface area contributed by atoms with Gasteiger partial charge < -0.3 is 17.0 Å². The van der Waals surface area contributed by atoms with Crippen molar-refractivity contribution in [2.45, 2.75) is 5.16 Å². The molecule has 2 aromatic rings. The number of hydrogen-bond acceptors (Lipinski definition) is 6. The van der Waals surface area contributed by atoms with Crippen molar-refractivity contribution in [3.63, 3.8) is 0 Å². The van der Waals surface area contributed by atoms with Crippen molar-refractivity contribution >= 4 is 23.2 Å². The van der Waals surface area contributed by atoms with E-state index in [2.05, 4.69) is 15.3 Å². The summed E-state index contributed by atoms with van der Waals surface area (Å²) in [6.45, 7) is 0. The van der Waals surface area contributed by atoms with Crippen LogP contribution >= 0.6 is 11.8 Å². The van der Waals surface area contributed by atoms with Gasteiger partial charge in [0.15, 0.2) is 0 Å². The van der Waals surface area contributed by atoms with Gasteiger partial charge in [0.1, 0.15) is 6.33 Å². The zero-order valence-electron chi connectivity index (χ0n) is 9.43. The lowest BCUT2D eigenvalue weighted by atomic mass is 10.1. The van der Waals surface area contributed by atoms with Crippen LogP contribution < -0.4 is 17.0 Å². The fraction of sp³-hybridized carbons (Fsp3) is 0.100. The Morgan fingerprint density at radius 2 is 2.05 bits per heavy atom. The standard InChI is InChI=1S/C10H7N5O2S.BrH/c16-15(17)8-3-1-7(2-4-8)9-5-18-10-12-11-6-14(10)13-9;/h1-4,6H,5H2;1H/p-1. The summed E-state index contributed by atoms with van der Waals surface area (Å²) in [5.41, 5.74) is 1.79. The maximum atomic E-state index is 10.6. The number of hydrogen-bond donors (Lipinski definition) is 0. The van der Waals surface area contributed by atoms with Crippen LogP contribution in [0.3, 0.4) is 0 Å².